The Morgan fingerprint density at radius 2 is 2.00 bits per heavy atom. The van der Waals surface area contributed by atoms with Crippen LogP contribution < -0.4 is 0 Å². The number of carbonyl (C=O) groups is 1. The molecule has 0 aliphatic carbocycles. The smallest absolute Gasteiger partial charge is 0.303 e. The van der Waals surface area contributed by atoms with Crippen molar-refractivity contribution in [1.29, 1.82) is 0 Å². The van der Waals surface area contributed by atoms with E-state index in [2.05, 4.69) is 5.29 Å². The molecule has 0 aliphatic rings. The number of nitrogens with zero attached hydrogens (tertiary/aromatic N) is 2. The lowest BCUT2D eigenvalue weighted by molar-refractivity contribution is -0.137. The van der Waals surface area contributed by atoms with Crippen molar-refractivity contribution in [3.05, 3.63) is 40.8 Å². The van der Waals surface area contributed by atoms with E-state index < -0.39 is 5.97 Å². The van der Waals surface area contributed by atoms with Crippen molar-refractivity contribution >= 4 is 5.97 Å². The molecule has 86 valence electrons. The highest BCUT2D eigenvalue weighted by atomic mass is 16.4. The van der Waals surface area contributed by atoms with E-state index in [4.69, 9.17) is 5.11 Å². The number of aliphatic carboxylic acids is 1. The maximum absolute atomic E-state index is 10.5. The molecule has 1 N–H and O–H groups in total. The molecule has 0 fully saturated rings. The van der Waals surface area contributed by atoms with Gasteiger partial charge in [0.1, 0.15) is 0 Å². The third-order valence-corrected chi connectivity index (χ3v) is 2.13. The van der Waals surface area contributed by atoms with Crippen molar-refractivity contribution in [2.75, 3.05) is 6.54 Å². The second-order valence-electron chi connectivity index (χ2n) is 3.45. The fraction of sp³-hybridized carbons (Fsp3) is 0.364. The number of carboxylic acids is 1. The number of hydrogen-bond donors (Lipinski definition) is 1. The first-order chi connectivity index (χ1) is 7.72. The van der Waals surface area contributed by atoms with Gasteiger partial charge >= 0.3 is 5.97 Å². The fourth-order valence-corrected chi connectivity index (χ4v) is 1.36. The van der Waals surface area contributed by atoms with E-state index in [9.17, 15) is 9.70 Å². The zero-order valence-corrected chi connectivity index (χ0v) is 8.87. The monoisotopic (exact) mass is 222 g/mol. The van der Waals surface area contributed by atoms with E-state index in [1.54, 1.807) is 0 Å². The highest BCUT2D eigenvalue weighted by Crippen LogP contribution is 2.05. The summed E-state index contributed by atoms with van der Waals surface area (Å²) < 4.78 is 0. The summed E-state index contributed by atoms with van der Waals surface area (Å²) in [6.45, 7) is 0.786. The summed E-state index contributed by atoms with van der Waals surface area (Å²) in [5.41, 5.74) is 0.984. The van der Waals surface area contributed by atoms with Gasteiger partial charge in [0, 0.05) is 13.0 Å². The number of nitroso groups, excluding NO2 is 1. The summed E-state index contributed by atoms with van der Waals surface area (Å²) in [5.74, 6) is -0.856. The molecule has 5 heteroatoms. The van der Waals surface area contributed by atoms with Crippen LogP contribution in [0.25, 0.3) is 0 Å². The van der Waals surface area contributed by atoms with E-state index in [0.29, 0.717) is 19.5 Å². The fourth-order valence-electron chi connectivity index (χ4n) is 1.36. The van der Waals surface area contributed by atoms with Crippen LogP contribution in [0, 0.1) is 4.91 Å². The summed E-state index contributed by atoms with van der Waals surface area (Å²) in [7, 11) is 0. The van der Waals surface area contributed by atoms with Gasteiger partial charge in [0.05, 0.1) is 11.8 Å². The van der Waals surface area contributed by atoms with E-state index >= 15 is 0 Å². The van der Waals surface area contributed by atoms with Crippen LogP contribution >= 0.6 is 0 Å². The van der Waals surface area contributed by atoms with Crippen LogP contribution in [0.2, 0.25) is 0 Å². The Morgan fingerprint density at radius 3 is 2.56 bits per heavy atom. The molecule has 0 heterocycles. The molecule has 1 aromatic rings. The number of hydrogen-bond acceptors (Lipinski definition) is 3. The van der Waals surface area contributed by atoms with Crippen molar-refractivity contribution in [3.8, 4) is 0 Å². The Morgan fingerprint density at radius 1 is 1.31 bits per heavy atom. The van der Waals surface area contributed by atoms with Gasteiger partial charge in [-0.1, -0.05) is 30.3 Å². The van der Waals surface area contributed by atoms with E-state index in [0.717, 1.165) is 5.56 Å². The van der Waals surface area contributed by atoms with Crippen LogP contribution in [0.3, 0.4) is 0 Å². The minimum Gasteiger partial charge on any atom is -0.481 e. The average Bonchev–Trinajstić information content (AvgIpc) is 2.28. The Labute approximate surface area is 93.6 Å². The van der Waals surface area contributed by atoms with Gasteiger partial charge in [-0.15, -0.1) is 4.91 Å². The van der Waals surface area contributed by atoms with Crippen molar-refractivity contribution in [2.45, 2.75) is 19.4 Å². The number of benzene rings is 1. The molecule has 0 spiro atoms. The molecule has 0 radical (unpaired) electrons. The third-order valence-electron chi connectivity index (χ3n) is 2.13. The van der Waals surface area contributed by atoms with E-state index in [-0.39, 0.29) is 6.42 Å². The Kier molecular flexibility index (Phi) is 4.98. The van der Waals surface area contributed by atoms with E-state index in [1.165, 1.54) is 5.01 Å². The Hall–Kier alpha value is -1.91. The molecule has 0 amide bonds. The second-order valence-corrected chi connectivity index (χ2v) is 3.45. The van der Waals surface area contributed by atoms with Gasteiger partial charge in [0.2, 0.25) is 0 Å². The second kappa shape index (κ2) is 6.55. The highest BCUT2D eigenvalue weighted by molar-refractivity contribution is 5.66. The Balaban J connectivity index is 2.37. The van der Waals surface area contributed by atoms with Crippen molar-refractivity contribution < 1.29 is 9.90 Å². The Bertz CT molecular complexity index is 340. The predicted octanol–water partition coefficient (Wildman–Crippen LogP) is 2.03. The molecule has 0 aliphatic heterocycles. The van der Waals surface area contributed by atoms with Gasteiger partial charge in [0.25, 0.3) is 0 Å². The standard InChI is InChI=1S/C11H14N2O3/c14-11(15)7-4-8-13(12-16)9-10-5-2-1-3-6-10/h1-3,5-6H,4,7-9H2,(H,14,15). The first-order valence-electron chi connectivity index (χ1n) is 5.06. The zero-order chi connectivity index (χ0) is 11.8. The predicted molar refractivity (Wildman–Crippen MR) is 59.5 cm³/mol. The third kappa shape index (κ3) is 4.54. The van der Waals surface area contributed by atoms with Gasteiger partial charge in [-0.25, -0.2) is 0 Å². The first-order valence-corrected chi connectivity index (χ1v) is 5.06. The molecule has 1 aromatic carbocycles. The maximum Gasteiger partial charge on any atom is 0.303 e. The lowest BCUT2D eigenvalue weighted by atomic mass is 10.2. The summed E-state index contributed by atoms with van der Waals surface area (Å²) >= 11 is 0. The van der Waals surface area contributed by atoms with Crippen LogP contribution in [0.5, 0.6) is 0 Å². The van der Waals surface area contributed by atoms with E-state index in [1.807, 2.05) is 30.3 Å². The summed E-state index contributed by atoms with van der Waals surface area (Å²) in [4.78, 5) is 20.8. The van der Waals surface area contributed by atoms with Crippen LogP contribution in [0.1, 0.15) is 18.4 Å². The van der Waals surface area contributed by atoms with Gasteiger partial charge in [-0.05, 0) is 12.0 Å². The number of carboxylic acid groups (broad SMARTS) is 1. The molecule has 0 saturated carbocycles. The van der Waals surface area contributed by atoms with Crippen LogP contribution in [-0.4, -0.2) is 22.6 Å². The largest absolute Gasteiger partial charge is 0.481 e. The first kappa shape index (κ1) is 12.2. The number of rotatable bonds is 7. The van der Waals surface area contributed by atoms with Crippen molar-refractivity contribution in [3.63, 3.8) is 0 Å². The molecule has 0 saturated heterocycles. The molecule has 1 rings (SSSR count). The maximum atomic E-state index is 10.5. The molecule has 0 bridgehead atoms. The van der Waals surface area contributed by atoms with Crippen LogP contribution in [0.4, 0.5) is 0 Å². The molecule has 0 unspecified atom stereocenters. The van der Waals surface area contributed by atoms with Crippen LogP contribution in [0.15, 0.2) is 35.6 Å². The summed E-state index contributed by atoms with van der Waals surface area (Å²) in [5, 5.41) is 12.7. The summed E-state index contributed by atoms with van der Waals surface area (Å²) in [6, 6.07) is 9.46. The molecule has 0 atom stereocenters. The minimum atomic E-state index is -0.856. The molecular formula is C11H14N2O3. The lowest BCUT2D eigenvalue weighted by Crippen LogP contribution is -2.18. The van der Waals surface area contributed by atoms with Crippen molar-refractivity contribution in [2.24, 2.45) is 5.29 Å². The lowest BCUT2D eigenvalue weighted by Gasteiger charge is -2.14. The quantitative estimate of drug-likeness (QED) is 0.566. The van der Waals surface area contributed by atoms with Gasteiger partial charge in [-0.2, -0.15) is 0 Å². The molecule has 16 heavy (non-hydrogen) atoms. The SMILES string of the molecule is O=NN(CCCC(=O)O)Cc1ccccc1. The normalized spacial score (nSPS) is 9.75. The van der Waals surface area contributed by atoms with Crippen molar-refractivity contribution in [1.82, 2.24) is 5.01 Å². The minimum absolute atomic E-state index is 0.0564. The van der Waals surface area contributed by atoms with Gasteiger partial charge in [0.15, 0.2) is 0 Å². The molecular weight excluding hydrogens is 208 g/mol. The molecule has 0 aromatic heterocycles. The zero-order valence-electron chi connectivity index (χ0n) is 8.87. The van der Waals surface area contributed by atoms with Gasteiger partial charge < -0.3 is 5.11 Å². The topological polar surface area (TPSA) is 70.0 Å². The highest BCUT2D eigenvalue weighted by Gasteiger charge is 2.05. The molecule has 5 nitrogen and oxygen atoms in total. The average molecular weight is 222 g/mol. The summed E-state index contributed by atoms with van der Waals surface area (Å²) in [6.07, 6.45) is 0.481. The van der Waals surface area contributed by atoms with Crippen LogP contribution in [-0.2, 0) is 11.3 Å². The van der Waals surface area contributed by atoms with Gasteiger partial charge in [-0.3, -0.25) is 9.80 Å².